The highest BCUT2D eigenvalue weighted by atomic mass is 16.3. The van der Waals surface area contributed by atoms with Crippen LogP contribution in [0.25, 0.3) is 0 Å². The van der Waals surface area contributed by atoms with Crippen molar-refractivity contribution in [2.24, 2.45) is 17.6 Å². The lowest BCUT2D eigenvalue weighted by molar-refractivity contribution is 0.245. The Kier molecular flexibility index (Phi) is 2.87. The fourth-order valence-corrected chi connectivity index (χ4v) is 1.56. The summed E-state index contributed by atoms with van der Waals surface area (Å²) < 4.78 is 0. The van der Waals surface area contributed by atoms with E-state index in [1.165, 1.54) is 0 Å². The summed E-state index contributed by atoms with van der Waals surface area (Å²) >= 11 is 0. The molecule has 3 nitrogen and oxygen atoms in total. The quantitative estimate of drug-likeness (QED) is 0.501. The van der Waals surface area contributed by atoms with Crippen LogP contribution in [0.5, 0.6) is 0 Å². The van der Waals surface area contributed by atoms with Crippen LogP contribution < -0.4 is 11.1 Å². The van der Waals surface area contributed by atoms with Crippen molar-refractivity contribution in [3.63, 3.8) is 0 Å². The third-order valence-corrected chi connectivity index (χ3v) is 2.43. The van der Waals surface area contributed by atoms with Gasteiger partial charge in [0, 0.05) is 12.5 Å². The van der Waals surface area contributed by atoms with E-state index < -0.39 is 0 Å². The first-order valence-electron chi connectivity index (χ1n) is 4.33. The van der Waals surface area contributed by atoms with E-state index in [0.717, 1.165) is 13.0 Å². The highest BCUT2D eigenvalue weighted by molar-refractivity contribution is 4.97. The maximum Gasteiger partial charge on any atom is 0.0616 e. The van der Waals surface area contributed by atoms with Gasteiger partial charge in [0.15, 0.2) is 0 Å². The molecule has 0 bridgehead atoms. The second-order valence-corrected chi connectivity index (χ2v) is 3.42. The molecule has 1 fully saturated rings. The maximum absolute atomic E-state index is 9.32. The van der Waals surface area contributed by atoms with E-state index in [1.54, 1.807) is 0 Å². The van der Waals surface area contributed by atoms with Gasteiger partial charge in [0.25, 0.3) is 0 Å². The number of nitrogens with two attached hydrogens (primary N) is 1. The Hall–Kier alpha value is -0.120. The Labute approximate surface area is 68.0 Å². The van der Waals surface area contributed by atoms with Gasteiger partial charge in [0.2, 0.25) is 0 Å². The van der Waals surface area contributed by atoms with E-state index >= 15 is 0 Å². The molecule has 1 saturated carbocycles. The molecule has 3 heteroatoms. The molecule has 1 aliphatic rings. The molecule has 0 saturated heterocycles. The van der Waals surface area contributed by atoms with Gasteiger partial charge in [-0.05, 0) is 12.8 Å². The summed E-state index contributed by atoms with van der Waals surface area (Å²) in [5, 5.41) is 12.4. The monoisotopic (exact) mass is 158 g/mol. The van der Waals surface area contributed by atoms with Crippen molar-refractivity contribution in [3.8, 4) is 0 Å². The summed E-state index contributed by atoms with van der Waals surface area (Å²) in [4.78, 5) is 0. The molecule has 11 heavy (non-hydrogen) atoms. The SMILES string of the molecule is CC[C@@H]1C(CN[C@@H](C)N)[C@@H]1O. The molecular weight excluding hydrogens is 140 g/mol. The molecule has 1 unspecified atom stereocenters. The second kappa shape index (κ2) is 3.52. The lowest BCUT2D eigenvalue weighted by atomic mass is 10.2. The number of nitrogens with one attached hydrogen (secondary N) is 1. The zero-order chi connectivity index (χ0) is 8.43. The standard InChI is InChI=1S/C8H18N2O/c1-3-6-7(8(6)11)4-10-5(2)9/h5-8,10-11H,3-4,9H2,1-2H3/t5-,6+,7?,8+/m0/s1. The fourth-order valence-electron chi connectivity index (χ4n) is 1.56. The molecular formula is C8H18N2O. The molecule has 66 valence electrons. The summed E-state index contributed by atoms with van der Waals surface area (Å²) in [5.41, 5.74) is 5.51. The molecule has 1 rings (SSSR count). The highest BCUT2D eigenvalue weighted by Gasteiger charge is 2.46. The summed E-state index contributed by atoms with van der Waals surface area (Å²) in [5.74, 6) is 0.965. The molecule has 0 amide bonds. The smallest absolute Gasteiger partial charge is 0.0616 e. The Morgan fingerprint density at radius 1 is 1.55 bits per heavy atom. The van der Waals surface area contributed by atoms with Crippen molar-refractivity contribution >= 4 is 0 Å². The van der Waals surface area contributed by atoms with Gasteiger partial charge in [-0.2, -0.15) is 0 Å². The molecule has 4 atom stereocenters. The van der Waals surface area contributed by atoms with Crippen molar-refractivity contribution in [3.05, 3.63) is 0 Å². The number of aliphatic hydroxyl groups excluding tert-OH is 1. The van der Waals surface area contributed by atoms with E-state index in [0.29, 0.717) is 11.8 Å². The van der Waals surface area contributed by atoms with Crippen LogP contribution >= 0.6 is 0 Å². The van der Waals surface area contributed by atoms with Crippen LogP contribution in [0, 0.1) is 11.8 Å². The van der Waals surface area contributed by atoms with Crippen molar-refractivity contribution in [2.45, 2.75) is 32.5 Å². The number of rotatable bonds is 4. The number of hydrogen-bond donors (Lipinski definition) is 3. The Bertz CT molecular complexity index is 127. The summed E-state index contributed by atoms with van der Waals surface area (Å²) in [6, 6.07) is 0. The predicted molar refractivity (Wildman–Crippen MR) is 44.9 cm³/mol. The minimum atomic E-state index is -0.0775. The predicted octanol–water partition coefficient (Wildman–Crippen LogP) is -0.102. The van der Waals surface area contributed by atoms with Gasteiger partial charge in [0.1, 0.15) is 0 Å². The zero-order valence-corrected chi connectivity index (χ0v) is 7.25. The van der Waals surface area contributed by atoms with Crippen molar-refractivity contribution in [1.29, 1.82) is 0 Å². The summed E-state index contributed by atoms with van der Waals surface area (Å²) in [7, 11) is 0. The van der Waals surface area contributed by atoms with Gasteiger partial charge in [0.05, 0.1) is 12.3 Å². The lowest BCUT2D eigenvalue weighted by Gasteiger charge is -2.06. The topological polar surface area (TPSA) is 58.3 Å². The third kappa shape index (κ3) is 2.15. The average Bonchev–Trinajstić information content (AvgIpc) is 2.56. The zero-order valence-electron chi connectivity index (χ0n) is 7.25. The number of aliphatic hydroxyl groups is 1. The molecule has 0 spiro atoms. The maximum atomic E-state index is 9.32. The molecule has 0 aromatic carbocycles. The van der Waals surface area contributed by atoms with Crippen LogP contribution in [0.1, 0.15) is 20.3 Å². The molecule has 0 heterocycles. The molecule has 0 aromatic heterocycles. The first-order valence-corrected chi connectivity index (χ1v) is 4.33. The van der Waals surface area contributed by atoms with Gasteiger partial charge in [-0.25, -0.2) is 0 Å². The van der Waals surface area contributed by atoms with Gasteiger partial charge in [-0.1, -0.05) is 13.3 Å². The highest BCUT2D eigenvalue weighted by Crippen LogP contribution is 2.40. The molecule has 1 aliphatic carbocycles. The van der Waals surface area contributed by atoms with Gasteiger partial charge < -0.3 is 16.2 Å². The minimum Gasteiger partial charge on any atom is -0.392 e. The number of hydrogen-bond acceptors (Lipinski definition) is 3. The van der Waals surface area contributed by atoms with Crippen LogP contribution in [0.15, 0.2) is 0 Å². The molecule has 0 aromatic rings. The van der Waals surface area contributed by atoms with E-state index in [-0.39, 0.29) is 12.3 Å². The molecule has 4 N–H and O–H groups in total. The van der Waals surface area contributed by atoms with Crippen molar-refractivity contribution < 1.29 is 5.11 Å². The largest absolute Gasteiger partial charge is 0.392 e. The Balaban J connectivity index is 2.11. The fraction of sp³-hybridized carbons (Fsp3) is 1.00. The van der Waals surface area contributed by atoms with Crippen LogP contribution in [0.2, 0.25) is 0 Å². The lowest BCUT2D eigenvalue weighted by Crippen LogP contribution is -2.36. The first-order chi connectivity index (χ1) is 5.16. The van der Waals surface area contributed by atoms with Crippen LogP contribution in [-0.2, 0) is 0 Å². The Morgan fingerprint density at radius 2 is 2.18 bits per heavy atom. The van der Waals surface area contributed by atoms with Crippen molar-refractivity contribution in [1.82, 2.24) is 5.32 Å². The van der Waals surface area contributed by atoms with E-state index in [4.69, 9.17) is 5.73 Å². The van der Waals surface area contributed by atoms with Crippen LogP contribution in [0.3, 0.4) is 0 Å². The van der Waals surface area contributed by atoms with E-state index in [2.05, 4.69) is 12.2 Å². The second-order valence-electron chi connectivity index (χ2n) is 3.42. The first kappa shape index (κ1) is 8.97. The minimum absolute atomic E-state index is 0.0420. The van der Waals surface area contributed by atoms with Crippen molar-refractivity contribution in [2.75, 3.05) is 6.54 Å². The average molecular weight is 158 g/mol. The Morgan fingerprint density at radius 3 is 2.55 bits per heavy atom. The van der Waals surface area contributed by atoms with Crippen LogP contribution in [0.4, 0.5) is 0 Å². The van der Waals surface area contributed by atoms with Gasteiger partial charge >= 0.3 is 0 Å². The molecule has 0 aliphatic heterocycles. The third-order valence-electron chi connectivity index (χ3n) is 2.43. The van der Waals surface area contributed by atoms with E-state index in [1.807, 2.05) is 6.92 Å². The molecule has 0 radical (unpaired) electrons. The van der Waals surface area contributed by atoms with Gasteiger partial charge in [-0.3, -0.25) is 0 Å². The van der Waals surface area contributed by atoms with Crippen LogP contribution in [-0.4, -0.2) is 23.9 Å². The summed E-state index contributed by atoms with van der Waals surface area (Å²) in [6.07, 6.45) is 1.04. The van der Waals surface area contributed by atoms with Gasteiger partial charge in [-0.15, -0.1) is 0 Å². The van der Waals surface area contributed by atoms with E-state index in [9.17, 15) is 5.11 Å². The normalized spacial score (nSPS) is 38.7. The summed E-state index contributed by atoms with van der Waals surface area (Å²) in [6.45, 7) is 4.88.